The van der Waals surface area contributed by atoms with E-state index < -0.39 is 95.5 Å². The van der Waals surface area contributed by atoms with Gasteiger partial charge in [-0.2, -0.15) is 0 Å². The number of guanidine groups is 1. The van der Waals surface area contributed by atoms with Gasteiger partial charge in [0.25, 0.3) is 0 Å². The Morgan fingerprint density at radius 1 is 0.625 bits per heavy atom. The molecule has 0 aromatic heterocycles. The largest absolute Gasteiger partial charge is 0.370 e. The van der Waals surface area contributed by atoms with Crippen LogP contribution in [0.2, 0.25) is 0 Å². The lowest BCUT2D eigenvalue weighted by Crippen LogP contribution is -2.59. The van der Waals surface area contributed by atoms with Crippen molar-refractivity contribution in [1.29, 1.82) is 0 Å². The molecule has 2 heterocycles. The number of amides is 9. The SMILES string of the molecule is NCCCC[C@@H](NC(=O)[C@@H]1CCCN1C(=O)[C@@H](N)CCCN=C(N)N)C(=O)N1CCC[C@H]1C(=O)N[C@@H](CCC(N)=O)C(=O)N[C@@H](CCC(N)=O)C(=O)N[C@@H](Cc1ccccc1)C(N)=O. The highest BCUT2D eigenvalue weighted by Crippen LogP contribution is 2.23. The van der Waals surface area contributed by atoms with Gasteiger partial charge in [0.2, 0.25) is 53.2 Å². The van der Waals surface area contributed by atoms with Crippen LogP contribution in [0.15, 0.2) is 35.3 Å². The summed E-state index contributed by atoms with van der Waals surface area (Å²) in [5.41, 5.74) is 39.7. The van der Waals surface area contributed by atoms with Crippen LogP contribution in [0, 0.1) is 0 Å². The van der Waals surface area contributed by atoms with E-state index in [2.05, 4.69) is 26.3 Å². The van der Waals surface area contributed by atoms with Gasteiger partial charge in [-0.25, -0.2) is 0 Å². The molecule has 354 valence electrons. The molecule has 0 unspecified atom stereocenters. The summed E-state index contributed by atoms with van der Waals surface area (Å²) in [6.07, 6.45) is 2.10. The quantitative estimate of drug-likeness (QED) is 0.0226. The molecule has 0 aliphatic carbocycles. The number of likely N-dealkylation sites (tertiary alicyclic amines) is 2. The second-order valence-corrected chi connectivity index (χ2v) is 16.1. The maximum atomic E-state index is 14.3. The first-order valence-electron chi connectivity index (χ1n) is 21.7. The van der Waals surface area contributed by atoms with Crippen LogP contribution in [0.5, 0.6) is 0 Å². The van der Waals surface area contributed by atoms with Gasteiger partial charge in [0.1, 0.15) is 36.3 Å². The average molecular weight is 899 g/mol. The zero-order valence-electron chi connectivity index (χ0n) is 36.2. The summed E-state index contributed by atoms with van der Waals surface area (Å²) < 4.78 is 0. The molecule has 7 atom stereocenters. The van der Waals surface area contributed by atoms with Gasteiger partial charge in [0, 0.05) is 38.9 Å². The molecular weight excluding hydrogens is 833 g/mol. The zero-order valence-corrected chi connectivity index (χ0v) is 36.2. The summed E-state index contributed by atoms with van der Waals surface area (Å²) in [5.74, 6) is -6.58. The van der Waals surface area contributed by atoms with Gasteiger partial charge in [-0.1, -0.05) is 30.3 Å². The molecule has 18 N–H and O–H groups in total. The van der Waals surface area contributed by atoms with Crippen LogP contribution in [-0.2, 0) is 49.6 Å². The minimum absolute atomic E-state index is 0.0287. The van der Waals surface area contributed by atoms with Crippen molar-refractivity contribution in [3.05, 3.63) is 35.9 Å². The van der Waals surface area contributed by atoms with Crippen LogP contribution < -0.4 is 61.4 Å². The van der Waals surface area contributed by atoms with E-state index in [4.69, 9.17) is 40.1 Å². The summed E-state index contributed by atoms with van der Waals surface area (Å²) in [6, 6.07) is 0.622. The van der Waals surface area contributed by atoms with E-state index >= 15 is 0 Å². The lowest BCUT2D eigenvalue weighted by atomic mass is 10.0. The molecule has 0 spiro atoms. The normalized spacial score (nSPS) is 18.1. The number of nitrogens with two attached hydrogens (primary N) is 7. The first-order chi connectivity index (χ1) is 30.4. The average Bonchev–Trinajstić information content (AvgIpc) is 3.95. The topological polar surface area (TPSA) is 403 Å². The third-order valence-electron chi connectivity index (χ3n) is 11.1. The number of hydrogen-bond donors (Lipinski definition) is 11. The molecule has 0 saturated carbocycles. The van der Waals surface area contributed by atoms with E-state index in [9.17, 15) is 43.2 Å². The van der Waals surface area contributed by atoms with Gasteiger partial charge in [0.05, 0.1) is 6.04 Å². The molecule has 9 amide bonds. The Kier molecular flexibility index (Phi) is 21.4. The standard InChI is InChI=1S/C41H66N14O9/c42-19-5-4-12-28(52-38(62)30-13-7-21-54(30)39(63)25(43)11-6-20-49-41(47)48)40(64)55-22-8-14-31(55)37(61)51-27(16-18-33(45)57)35(59)50-26(15-17-32(44)56)36(60)53-29(34(46)58)23-24-9-2-1-3-10-24/h1-3,9-10,25-31H,4-8,11-23,42-43H2,(H2,44,56)(H2,45,57)(H2,46,58)(H,50,59)(H,51,61)(H,52,62)(H,53,60)(H4,47,48,49)/t25-,26-,27-,28+,29-,30-,31-/m0/s1. The predicted molar refractivity (Wildman–Crippen MR) is 234 cm³/mol. The van der Waals surface area contributed by atoms with Crippen molar-refractivity contribution in [3.8, 4) is 0 Å². The number of hydrogen-bond acceptors (Lipinski definition) is 12. The molecule has 3 rings (SSSR count). The molecule has 0 bridgehead atoms. The van der Waals surface area contributed by atoms with Crippen molar-refractivity contribution in [1.82, 2.24) is 31.1 Å². The fourth-order valence-corrected chi connectivity index (χ4v) is 7.68. The number of nitrogens with zero attached hydrogens (tertiary/aromatic N) is 3. The van der Waals surface area contributed by atoms with Crippen LogP contribution in [0.1, 0.15) is 89.0 Å². The summed E-state index contributed by atoms with van der Waals surface area (Å²) in [6.45, 7) is 1.04. The van der Waals surface area contributed by atoms with Gasteiger partial charge < -0.3 is 71.2 Å². The van der Waals surface area contributed by atoms with E-state index in [1.807, 2.05) is 0 Å². The summed E-state index contributed by atoms with van der Waals surface area (Å²) >= 11 is 0. The molecule has 2 saturated heterocycles. The Balaban J connectivity index is 1.77. The van der Waals surface area contributed by atoms with Crippen molar-refractivity contribution in [2.45, 2.75) is 132 Å². The van der Waals surface area contributed by atoms with Crippen LogP contribution in [0.4, 0.5) is 0 Å². The predicted octanol–water partition coefficient (Wildman–Crippen LogP) is -4.32. The highest BCUT2D eigenvalue weighted by molar-refractivity contribution is 5.98. The molecular formula is C41H66N14O9. The van der Waals surface area contributed by atoms with Gasteiger partial charge in [-0.05, 0) is 82.7 Å². The number of rotatable bonds is 27. The Hall–Kier alpha value is -6.36. The minimum atomic E-state index is -1.46. The number of unbranched alkanes of at least 4 members (excludes halogenated alkanes) is 1. The van der Waals surface area contributed by atoms with Crippen LogP contribution in [0.3, 0.4) is 0 Å². The van der Waals surface area contributed by atoms with Crippen LogP contribution in [-0.4, -0.2) is 137 Å². The lowest BCUT2D eigenvalue weighted by molar-refractivity contribution is -0.144. The Bertz CT molecular complexity index is 1830. The van der Waals surface area contributed by atoms with E-state index in [0.29, 0.717) is 57.2 Å². The Morgan fingerprint density at radius 3 is 1.66 bits per heavy atom. The molecule has 1 aromatic carbocycles. The van der Waals surface area contributed by atoms with E-state index in [-0.39, 0.29) is 70.4 Å². The lowest BCUT2D eigenvalue weighted by Gasteiger charge is -2.32. The summed E-state index contributed by atoms with van der Waals surface area (Å²) in [5, 5.41) is 10.4. The maximum absolute atomic E-state index is 14.3. The van der Waals surface area contributed by atoms with Crippen molar-refractivity contribution >= 4 is 59.1 Å². The van der Waals surface area contributed by atoms with Crippen molar-refractivity contribution in [3.63, 3.8) is 0 Å². The summed E-state index contributed by atoms with van der Waals surface area (Å²) in [7, 11) is 0. The first kappa shape index (κ1) is 52.0. The molecule has 1 aromatic rings. The monoisotopic (exact) mass is 899 g/mol. The fraction of sp³-hybridized carbons (Fsp3) is 0.610. The minimum Gasteiger partial charge on any atom is -0.370 e. The van der Waals surface area contributed by atoms with Gasteiger partial charge >= 0.3 is 0 Å². The highest BCUT2D eigenvalue weighted by Gasteiger charge is 2.42. The third kappa shape index (κ3) is 16.7. The molecule has 23 heteroatoms. The molecule has 2 aliphatic heterocycles. The second kappa shape index (κ2) is 26.3. The number of carbonyl (C=O) groups excluding carboxylic acids is 9. The second-order valence-electron chi connectivity index (χ2n) is 16.1. The Morgan fingerprint density at radius 2 is 1.14 bits per heavy atom. The smallest absolute Gasteiger partial charge is 0.245 e. The molecule has 64 heavy (non-hydrogen) atoms. The molecule has 23 nitrogen and oxygen atoms in total. The number of carbonyl (C=O) groups is 9. The third-order valence-corrected chi connectivity index (χ3v) is 11.1. The molecule has 2 aliphatic rings. The van der Waals surface area contributed by atoms with Crippen LogP contribution >= 0.6 is 0 Å². The van der Waals surface area contributed by atoms with Crippen LogP contribution in [0.25, 0.3) is 0 Å². The zero-order chi connectivity index (χ0) is 47.3. The van der Waals surface area contributed by atoms with Crippen molar-refractivity contribution in [2.75, 3.05) is 26.2 Å². The Labute approximate surface area is 372 Å². The first-order valence-corrected chi connectivity index (χ1v) is 21.7. The van der Waals surface area contributed by atoms with Gasteiger partial charge in [0.15, 0.2) is 5.96 Å². The maximum Gasteiger partial charge on any atom is 0.245 e. The van der Waals surface area contributed by atoms with Crippen molar-refractivity contribution < 1.29 is 43.2 Å². The highest BCUT2D eigenvalue weighted by atomic mass is 16.2. The van der Waals surface area contributed by atoms with E-state index in [1.54, 1.807) is 30.3 Å². The van der Waals surface area contributed by atoms with E-state index in [0.717, 1.165) is 0 Å². The number of nitrogens with one attached hydrogen (secondary N) is 4. The van der Waals surface area contributed by atoms with E-state index in [1.165, 1.54) is 9.80 Å². The number of benzene rings is 1. The summed E-state index contributed by atoms with van der Waals surface area (Å²) in [4.78, 5) is 125. The number of primary amides is 3. The van der Waals surface area contributed by atoms with Gasteiger partial charge in [-0.15, -0.1) is 0 Å². The van der Waals surface area contributed by atoms with Gasteiger partial charge in [-0.3, -0.25) is 48.1 Å². The molecule has 2 fully saturated rings. The number of aliphatic imine (C=N–C) groups is 1. The fourth-order valence-electron chi connectivity index (χ4n) is 7.68. The molecule has 0 radical (unpaired) electrons. The van der Waals surface area contributed by atoms with Crippen molar-refractivity contribution in [2.24, 2.45) is 45.1 Å².